The summed E-state index contributed by atoms with van der Waals surface area (Å²) in [5.41, 5.74) is 4.42. The second-order valence-electron chi connectivity index (χ2n) is 8.07. The summed E-state index contributed by atoms with van der Waals surface area (Å²) in [5.74, 6) is 1.04. The summed E-state index contributed by atoms with van der Waals surface area (Å²) in [6.45, 7) is 2.07. The Morgan fingerprint density at radius 1 is 0.943 bits per heavy atom. The number of imidazole rings is 1. The van der Waals surface area contributed by atoms with Gasteiger partial charge in [-0.15, -0.1) is 0 Å². The minimum absolute atomic E-state index is 0.0630. The zero-order valence-corrected chi connectivity index (χ0v) is 19.2. The molecule has 172 valence electrons. The van der Waals surface area contributed by atoms with Crippen LogP contribution in [0.1, 0.15) is 24.1 Å². The van der Waals surface area contributed by atoms with Crippen molar-refractivity contribution in [3.05, 3.63) is 115 Å². The fourth-order valence-corrected chi connectivity index (χ4v) is 3.76. The summed E-state index contributed by atoms with van der Waals surface area (Å²) in [7, 11) is 0. The van der Waals surface area contributed by atoms with Crippen molar-refractivity contribution in [2.24, 2.45) is 0 Å². The molecule has 5 aromatic rings. The zero-order valence-electron chi connectivity index (χ0n) is 19.2. The molecule has 0 unspecified atom stereocenters. The maximum Gasteiger partial charge on any atom is 0.248 e. The van der Waals surface area contributed by atoms with E-state index in [4.69, 9.17) is 0 Å². The van der Waals surface area contributed by atoms with Crippen LogP contribution in [0.4, 0.5) is 11.6 Å². The molecular weight excluding hydrogens is 436 g/mol. The van der Waals surface area contributed by atoms with Gasteiger partial charge in [0, 0.05) is 18.0 Å². The molecular formula is C28H24N6O. The average molecular weight is 461 g/mol. The average Bonchev–Trinajstić information content (AvgIpc) is 3.32. The molecule has 0 fully saturated rings. The number of nitrogens with one attached hydrogen (secondary N) is 2. The van der Waals surface area contributed by atoms with Crippen LogP contribution in [-0.4, -0.2) is 25.4 Å². The third-order valence-corrected chi connectivity index (χ3v) is 5.57. The lowest BCUT2D eigenvalue weighted by Gasteiger charge is -2.14. The van der Waals surface area contributed by atoms with Crippen molar-refractivity contribution in [2.45, 2.75) is 13.0 Å². The Morgan fingerprint density at radius 3 is 2.51 bits per heavy atom. The Balaban J connectivity index is 1.32. The van der Waals surface area contributed by atoms with Gasteiger partial charge in [-0.3, -0.25) is 9.36 Å². The van der Waals surface area contributed by atoms with Gasteiger partial charge in [0.2, 0.25) is 11.9 Å². The van der Waals surface area contributed by atoms with Crippen molar-refractivity contribution in [3.63, 3.8) is 0 Å². The van der Waals surface area contributed by atoms with Crippen molar-refractivity contribution in [1.29, 1.82) is 0 Å². The van der Waals surface area contributed by atoms with E-state index in [9.17, 15) is 4.79 Å². The van der Waals surface area contributed by atoms with E-state index in [1.807, 2.05) is 77.4 Å². The van der Waals surface area contributed by atoms with Gasteiger partial charge in [-0.05, 0) is 48.4 Å². The fraction of sp³-hybridized carbons (Fsp3) is 0.0714. The maximum atomic E-state index is 12.3. The van der Waals surface area contributed by atoms with Crippen LogP contribution in [0.25, 0.3) is 22.9 Å². The predicted octanol–water partition coefficient (Wildman–Crippen LogP) is 5.64. The number of benzene rings is 3. The van der Waals surface area contributed by atoms with Crippen molar-refractivity contribution in [3.8, 4) is 5.82 Å². The number of carbonyl (C=O) groups is 1. The highest BCUT2D eigenvalue weighted by Gasteiger charge is 2.11. The molecule has 0 spiro atoms. The molecule has 2 aromatic heterocycles. The standard InChI is InChI=1S/C28H24N6O/c1-20(22-10-6-3-7-11-22)31-28-29-17-16-26(33-28)34-19-30-24-18-23(13-14-25(24)34)32-27(35)15-12-21-8-4-2-5-9-21/h2-20H,1H3,(H,32,35)(H,29,31,33)/t20-/m0/s1. The minimum atomic E-state index is -0.202. The fourth-order valence-electron chi connectivity index (χ4n) is 3.76. The second-order valence-corrected chi connectivity index (χ2v) is 8.07. The molecule has 2 heterocycles. The third-order valence-electron chi connectivity index (χ3n) is 5.57. The lowest BCUT2D eigenvalue weighted by Crippen LogP contribution is -2.10. The van der Waals surface area contributed by atoms with Crippen LogP contribution in [0.5, 0.6) is 0 Å². The quantitative estimate of drug-likeness (QED) is 0.307. The summed E-state index contributed by atoms with van der Waals surface area (Å²) in [6.07, 6.45) is 6.74. The normalized spacial score (nSPS) is 12.0. The molecule has 1 atom stereocenters. The van der Waals surface area contributed by atoms with Gasteiger partial charge in [0.1, 0.15) is 12.1 Å². The highest BCUT2D eigenvalue weighted by Crippen LogP contribution is 2.22. The molecule has 0 bridgehead atoms. The number of anilines is 2. The first kappa shape index (κ1) is 22.0. The molecule has 7 heteroatoms. The number of nitrogens with zero attached hydrogens (tertiary/aromatic N) is 4. The van der Waals surface area contributed by atoms with Crippen LogP contribution >= 0.6 is 0 Å². The van der Waals surface area contributed by atoms with E-state index in [1.54, 1.807) is 18.6 Å². The lowest BCUT2D eigenvalue weighted by atomic mass is 10.1. The Hall–Kier alpha value is -4.78. The number of hydrogen-bond donors (Lipinski definition) is 2. The van der Waals surface area contributed by atoms with E-state index in [2.05, 4.69) is 44.6 Å². The van der Waals surface area contributed by atoms with E-state index >= 15 is 0 Å². The molecule has 0 saturated carbocycles. The Labute approximate surface area is 203 Å². The van der Waals surface area contributed by atoms with Crippen molar-refractivity contribution < 1.29 is 4.79 Å². The Bertz CT molecular complexity index is 1480. The van der Waals surface area contributed by atoms with Crippen LogP contribution in [0.2, 0.25) is 0 Å². The third kappa shape index (κ3) is 5.25. The van der Waals surface area contributed by atoms with Gasteiger partial charge in [-0.1, -0.05) is 60.7 Å². The summed E-state index contributed by atoms with van der Waals surface area (Å²) >= 11 is 0. The van der Waals surface area contributed by atoms with E-state index in [-0.39, 0.29) is 11.9 Å². The smallest absolute Gasteiger partial charge is 0.248 e. The van der Waals surface area contributed by atoms with Crippen LogP contribution in [-0.2, 0) is 4.79 Å². The molecule has 0 aliphatic carbocycles. The molecule has 5 rings (SSSR count). The van der Waals surface area contributed by atoms with Gasteiger partial charge in [-0.25, -0.2) is 9.97 Å². The number of rotatable bonds is 7. The van der Waals surface area contributed by atoms with Crippen LogP contribution < -0.4 is 10.6 Å². The van der Waals surface area contributed by atoms with Crippen LogP contribution in [0, 0.1) is 0 Å². The zero-order chi connectivity index (χ0) is 24.0. The SMILES string of the molecule is C[C@H](Nc1nccc(-n2cnc3cc(NC(=O)C=Cc4ccccc4)ccc32)n1)c1ccccc1. The summed E-state index contributed by atoms with van der Waals surface area (Å²) < 4.78 is 1.90. The molecule has 0 radical (unpaired) electrons. The number of hydrogen-bond acceptors (Lipinski definition) is 5. The van der Waals surface area contributed by atoms with Crippen molar-refractivity contribution >= 4 is 34.7 Å². The lowest BCUT2D eigenvalue weighted by molar-refractivity contribution is -0.111. The second kappa shape index (κ2) is 10.0. The van der Waals surface area contributed by atoms with Gasteiger partial charge >= 0.3 is 0 Å². The first-order valence-corrected chi connectivity index (χ1v) is 11.3. The Kier molecular flexibility index (Phi) is 6.30. The summed E-state index contributed by atoms with van der Waals surface area (Å²) in [4.78, 5) is 25.9. The molecule has 1 amide bonds. The maximum absolute atomic E-state index is 12.3. The molecule has 3 aromatic carbocycles. The number of fused-ring (bicyclic) bond motifs is 1. The first-order chi connectivity index (χ1) is 17.2. The van der Waals surface area contributed by atoms with Gasteiger partial charge in [0.05, 0.1) is 17.1 Å². The van der Waals surface area contributed by atoms with Crippen molar-refractivity contribution in [2.75, 3.05) is 10.6 Å². The molecule has 35 heavy (non-hydrogen) atoms. The minimum Gasteiger partial charge on any atom is -0.348 e. The number of carbonyl (C=O) groups excluding carboxylic acids is 1. The molecule has 2 N–H and O–H groups in total. The topological polar surface area (TPSA) is 84.7 Å². The Morgan fingerprint density at radius 2 is 1.71 bits per heavy atom. The van der Waals surface area contributed by atoms with Gasteiger partial charge in [0.15, 0.2) is 0 Å². The van der Waals surface area contributed by atoms with Crippen molar-refractivity contribution in [1.82, 2.24) is 19.5 Å². The molecule has 0 aliphatic rings. The van der Waals surface area contributed by atoms with Gasteiger partial charge < -0.3 is 10.6 Å². The van der Waals surface area contributed by atoms with Gasteiger partial charge in [-0.2, -0.15) is 4.98 Å². The molecule has 0 saturated heterocycles. The number of amides is 1. The van der Waals surface area contributed by atoms with Crippen LogP contribution in [0.15, 0.2) is 104 Å². The first-order valence-electron chi connectivity index (χ1n) is 11.3. The van der Waals surface area contributed by atoms with Gasteiger partial charge in [0.25, 0.3) is 0 Å². The molecule has 0 aliphatic heterocycles. The van der Waals surface area contributed by atoms with Crippen LogP contribution in [0.3, 0.4) is 0 Å². The molecule has 7 nitrogen and oxygen atoms in total. The summed E-state index contributed by atoms with van der Waals surface area (Å²) in [5, 5.41) is 6.24. The monoisotopic (exact) mass is 460 g/mol. The summed E-state index contributed by atoms with van der Waals surface area (Å²) in [6, 6.07) is 27.4. The van der Waals surface area contributed by atoms with E-state index in [0.29, 0.717) is 17.5 Å². The largest absolute Gasteiger partial charge is 0.348 e. The van der Waals surface area contributed by atoms with E-state index < -0.39 is 0 Å². The highest BCUT2D eigenvalue weighted by atomic mass is 16.1. The van der Waals surface area contributed by atoms with E-state index in [0.717, 1.165) is 22.2 Å². The highest BCUT2D eigenvalue weighted by molar-refractivity contribution is 6.02. The predicted molar refractivity (Wildman–Crippen MR) is 139 cm³/mol. The van der Waals surface area contributed by atoms with E-state index in [1.165, 1.54) is 6.08 Å². The number of aromatic nitrogens is 4.